The second-order valence-corrected chi connectivity index (χ2v) is 8.48. The molecule has 7 nitrogen and oxygen atoms in total. The molecule has 0 aliphatic carbocycles. The summed E-state index contributed by atoms with van der Waals surface area (Å²) in [6, 6.07) is 4.89. The normalized spacial score (nSPS) is 13.0. The van der Waals surface area contributed by atoms with Crippen LogP contribution in [0.4, 0.5) is 0 Å². The zero-order valence-electron chi connectivity index (χ0n) is 15.3. The Bertz CT molecular complexity index is 685. The van der Waals surface area contributed by atoms with Gasteiger partial charge in [-0.05, 0) is 44.0 Å². The van der Waals surface area contributed by atoms with Crippen molar-refractivity contribution in [2.75, 3.05) is 31.9 Å². The molecule has 0 aliphatic rings. The number of nitrogens with one attached hydrogen (secondary N) is 3. The van der Waals surface area contributed by atoms with E-state index in [-0.39, 0.29) is 36.3 Å². The third kappa shape index (κ3) is 11.3. The second-order valence-electron chi connectivity index (χ2n) is 5.52. The highest BCUT2D eigenvalue weighted by molar-refractivity contribution is 14.0. The van der Waals surface area contributed by atoms with Crippen molar-refractivity contribution >= 4 is 63.2 Å². The number of aliphatic hydroxyl groups is 1. The molecule has 0 heterocycles. The number of aliphatic imine (C=N–C) groups is 1. The molecule has 1 atom stereocenters. The fourth-order valence-electron chi connectivity index (χ4n) is 2.02. The Morgan fingerprint density at radius 1 is 1.15 bits per heavy atom. The van der Waals surface area contributed by atoms with Gasteiger partial charge >= 0.3 is 0 Å². The SMILES string of the molecule is CCNC(=NCC(O)c1cc(Cl)cc(Cl)c1)NCCCNS(=O)(=O)CC.I. The van der Waals surface area contributed by atoms with E-state index < -0.39 is 16.1 Å². The summed E-state index contributed by atoms with van der Waals surface area (Å²) in [6.45, 7) is 5.21. The van der Waals surface area contributed by atoms with E-state index in [0.29, 0.717) is 47.6 Å². The highest BCUT2D eigenvalue weighted by atomic mass is 127. The molecular formula is C16H27Cl2IN4O3S. The van der Waals surface area contributed by atoms with Crippen LogP contribution in [0.1, 0.15) is 31.9 Å². The predicted octanol–water partition coefficient (Wildman–Crippen LogP) is 2.53. The molecule has 27 heavy (non-hydrogen) atoms. The van der Waals surface area contributed by atoms with Crippen LogP contribution < -0.4 is 15.4 Å². The lowest BCUT2D eigenvalue weighted by Gasteiger charge is -2.14. The number of sulfonamides is 1. The Labute approximate surface area is 188 Å². The van der Waals surface area contributed by atoms with Crippen LogP contribution in [0.2, 0.25) is 10.0 Å². The zero-order valence-corrected chi connectivity index (χ0v) is 20.0. The van der Waals surface area contributed by atoms with E-state index in [1.807, 2.05) is 6.92 Å². The second kappa shape index (κ2) is 13.8. The largest absolute Gasteiger partial charge is 0.386 e. The molecule has 0 radical (unpaired) electrons. The molecule has 0 fully saturated rings. The summed E-state index contributed by atoms with van der Waals surface area (Å²) in [6.07, 6.45) is -0.228. The fraction of sp³-hybridized carbons (Fsp3) is 0.562. The van der Waals surface area contributed by atoms with Crippen LogP contribution in [0.25, 0.3) is 0 Å². The van der Waals surface area contributed by atoms with Gasteiger partial charge in [0.25, 0.3) is 0 Å². The average molecular weight is 553 g/mol. The van der Waals surface area contributed by atoms with Gasteiger partial charge in [-0.3, -0.25) is 4.99 Å². The summed E-state index contributed by atoms with van der Waals surface area (Å²) in [5.41, 5.74) is 0.594. The molecule has 0 aliphatic heterocycles. The maximum absolute atomic E-state index is 11.3. The molecule has 0 spiro atoms. The fourth-order valence-corrected chi connectivity index (χ4v) is 3.22. The number of hydrogen-bond donors (Lipinski definition) is 4. The first-order valence-corrected chi connectivity index (χ1v) is 10.8. The van der Waals surface area contributed by atoms with Crippen LogP contribution in [0.15, 0.2) is 23.2 Å². The molecule has 0 saturated heterocycles. The van der Waals surface area contributed by atoms with Crippen molar-refractivity contribution in [3.8, 4) is 0 Å². The number of benzene rings is 1. The van der Waals surface area contributed by atoms with Crippen LogP contribution in [-0.2, 0) is 10.0 Å². The van der Waals surface area contributed by atoms with Crippen molar-refractivity contribution in [3.63, 3.8) is 0 Å². The van der Waals surface area contributed by atoms with E-state index in [4.69, 9.17) is 23.2 Å². The predicted molar refractivity (Wildman–Crippen MR) is 123 cm³/mol. The minimum atomic E-state index is -3.17. The molecule has 4 N–H and O–H groups in total. The molecule has 0 aromatic heterocycles. The Hall–Kier alpha value is -0.330. The van der Waals surface area contributed by atoms with Crippen LogP contribution >= 0.6 is 47.2 Å². The molecule has 0 saturated carbocycles. The van der Waals surface area contributed by atoms with E-state index in [1.54, 1.807) is 25.1 Å². The number of aliphatic hydroxyl groups excluding tert-OH is 1. The highest BCUT2D eigenvalue weighted by Crippen LogP contribution is 2.23. The van der Waals surface area contributed by atoms with Gasteiger partial charge in [-0.15, -0.1) is 24.0 Å². The van der Waals surface area contributed by atoms with Crippen molar-refractivity contribution in [1.82, 2.24) is 15.4 Å². The Morgan fingerprint density at radius 3 is 2.33 bits per heavy atom. The maximum Gasteiger partial charge on any atom is 0.211 e. The minimum absolute atomic E-state index is 0. The minimum Gasteiger partial charge on any atom is -0.386 e. The number of hydrogen-bond acceptors (Lipinski definition) is 4. The van der Waals surface area contributed by atoms with Gasteiger partial charge in [0.1, 0.15) is 0 Å². The van der Waals surface area contributed by atoms with Crippen molar-refractivity contribution in [3.05, 3.63) is 33.8 Å². The smallest absolute Gasteiger partial charge is 0.211 e. The molecule has 1 aromatic carbocycles. The lowest BCUT2D eigenvalue weighted by atomic mass is 10.1. The van der Waals surface area contributed by atoms with Gasteiger partial charge in [-0.25, -0.2) is 13.1 Å². The summed E-state index contributed by atoms with van der Waals surface area (Å²) in [5, 5.41) is 17.3. The molecule has 1 unspecified atom stereocenters. The molecule has 1 rings (SSSR count). The van der Waals surface area contributed by atoms with Crippen LogP contribution in [-0.4, -0.2) is 51.4 Å². The van der Waals surface area contributed by atoms with Crippen molar-refractivity contribution in [2.45, 2.75) is 26.4 Å². The third-order valence-corrected chi connectivity index (χ3v) is 5.22. The summed E-state index contributed by atoms with van der Waals surface area (Å²) >= 11 is 11.9. The Morgan fingerprint density at radius 2 is 1.78 bits per heavy atom. The first kappa shape index (κ1) is 26.7. The van der Waals surface area contributed by atoms with E-state index in [1.165, 1.54) is 0 Å². The summed E-state index contributed by atoms with van der Waals surface area (Å²) < 4.78 is 25.2. The van der Waals surface area contributed by atoms with Crippen molar-refractivity contribution in [2.24, 2.45) is 4.99 Å². The average Bonchev–Trinajstić information content (AvgIpc) is 2.58. The number of halogens is 3. The standard InChI is InChI=1S/C16H26Cl2N4O3S.HI/c1-3-19-16(20-6-5-7-22-26(24,25)4-2)21-11-15(23)12-8-13(17)10-14(18)9-12;/h8-10,15,22-23H,3-7,11H2,1-2H3,(H2,19,20,21);1H. The Balaban J connectivity index is 0.00000676. The van der Waals surface area contributed by atoms with Gasteiger partial charge in [-0.1, -0.05) is 23.2 Å². The van der Waals surface area contributed by atoms with Gasteiger partial charge < -0.3 is 15.7 Å². The van der Waals surface area contributed by atoms with Crippen LogP contribution in [0, 0.1) is 0 Å². The Kier molecular flexibility index (Phi) is 13.6. The van der Waals surface area contributed by atoms with Gasteiger partial charge in [0.05, 0.1) is 18.4 Å². The molecule has 0 bridgehead atoms. The highest BCUT2D eigenvalue weighted by Gasteiger charge is 2.10. The van der Waals surface area contributed by atoms with Gasteiger partial charge in [0, 0.05) is 29.7 Å². The lowest BCUT2D eigenvalue weighted by molar-refractivity contribution is 0.187. The summed E-state index contributed by atoms with van der Waals surface area (Å²) in [4.78, 5) is 4.33. The summed E-state index contributed by atoms with van der Waals surface area (Å²) in [5.74, 6) is 0.605. The van der Waals surface area contributed by atoms with E-state index >= 15 is 0 Å². The summed E-state index contributed by atoms with van der Waals surface area (Å²) in [7, 11) is -3.17. The van der Waals surface area contributed by atoms with Gasteiger partial charge in [-0.2, -0.15) is 0 Å². The van der Waals surface area contributed by atoms with Crippen LogP contribution in [0.3, 0.4) is 0 Å². The number of guanidine groups is 1. The topological polar surface area (TPSA) is 103 Å². The van der Waals surface area contributed by atoms with E-state index in [9.17, 15) is 13.5 Å². The van der Waals surface area contributed by atoms with E-state index in [2.05, 4.69) is 20.3 Å². The quantitative estimate of drug-likeness (QED) is 0.155. The first-order valence-electron chi connectivity index (χ1n) is 8.41. The molecule has 0 amide bonds. The molecule has 156 valence electrons. The van der Waals surface area contributed by atoms with Crippen LogP contribution in [0.5, 0.6) is 0 Å². The number of rotatable bonds is 10. The number of nitrogens with zero attached hydrogens (tertiary/aromatic N) is 1. The zero-order chi connectivity index (χ0) is 19.6. The monoisotopic (exact) mass is 552 g/mol. The van der Waals surface area contributed by atoms with Gasteiger partial charge in [0.15, 0.2) is 5.96 Å². The molecule has 11 heteroatoms. The lowest BCUT2D eigenvalue weighted by Crippen LogP contribution is -2.39. The van der Waals surface area contributed by atoms with E-state index in [0.717, 1.165) is 0 Å². The third-order valence-electron chi connectivity index (χ3n) is 3.38. The van der Waals surface area contributed by atoms with Gasteiger partial charge in [0.2, 0.25) is 10.0 Å². The molecule has 1 aromatic rings. The first-order chi connectivity index (χ1) is 12.3. The maximum atomic E-state index is 11.3. The van der Waals surface area contributed by atoms with Crippen molar-refractivity contribution < 1.29 is 13.5 Å². The van der Waals surface area contributed by atoms with Crippen molar-refractivity contribution in [1.29, 1.82) is 0 Å². The molecular weight excluding hydrogens is 526 g/mol.